The van der Waals surface area contributed by atoms with Crippen LogP contribution in [0, 0.1) is 6.92 Å². The molecule has 3 heteroatoms. The Morgan fingerprint density at radius 1 is 1.50 bits per heavy atom. The van der Waals surface area contributed by atoms with Crippen molar-refractivity contribution < 1.29 is 5.11 Å². The van der Waals surface area contributed by atoms with E-state index in [1.165, 1.54) is 0 Å². The van der Waals surface area contributed by atoms with Crippen LogP contribution in [-0.4, -0.2) is 18.2 Å². The van der Waals surface area contributed by atoms with Gasteiger partial charge in [-0.15, -0.1) is 0 Å². The summed E-state index contributed by atoms with van der Waals surface area (Å²) in [7, 11) is 0. The number of nitrogens with one attached hydrogen (secondary N) is 1. The molecule has 76 valence electrons. The molecule has 0 bridgehead atoms. The summed E-state index contributed by atoms with van der Waals surface area (Å²) in [6.45, 7) is 3.45. The molecule has 0 amide bonds. The lowest BCUT2D eigenvalue weighted by Gasteiger charge is -2.23. The Bertz CT molecular complexity index is 345. The van der Waals surface area contributed by atoms with E-state index in [4.69, 9.17) is 11.6 Å². The lowest BCUT2D eigenvalue weighted by atomic mass is 9.92. The van der Waals surface area contributed by atoms with Gasteiger partial charge in [-0.1, -0.05) is 29.3 Å². The SMILES string of the molecule is Cc1ccc(Cl)c(C2(O)CCNC2)c1. The third-order valence-corrected chi connectivity index (χ3v) is 3.09. The van der Waals surface area contributed by atoms with Gasteiger partial charge in [-0.05, 0) is 26.0 Å². The van der Waals surface area contributed by atoms with E-state index in [1.807, 2.05) is 25.1 Å². The summed E-state index contributed by atoms with van der Waals surface area (Å²) in [6.07, 6.45) is 0.732. The number of hydrogen-bond donors (Lipinski definition) is 2. The quantitative estimate of drug-likeness (QED) is 0.743. The number of halogens is 1. The molecule has 1 aliphatic heterocycles. The van der Waals surface area contributed by atoms with Gasteiger partial charge in [0.1, 0.15) is 5.60 Å². The maximum absolute atomic E-state index is 10.3. The normalized spacial score (nSPS) is 26.8. The highest BCUT2D eigenvalue weighted by Crippen LogP contribution is 2.33. The zero-order valence-corrected chi connectivity index (χ0v) is 8.93. The van der Waals surface area contributed by atoms with Crippen molar-refractivity contribution in [3.63, 3.8) is 0 Å². The molecule has 0 radical (unpaired) electrons. The van der Waals surface area contributed by atoms with Crippen LogP contribution in [0.15, 0.2) is 18.2 Å². The second-order valence-electron chi connectivity index (χ2n) is 3.94. The standard InChI is InChI=1S/C11H14ClNO/c1-8-2-3-10(12)9(6-8)11(14)4-5-13-7-11/h2-3,6,13-14H,4-5,7H2,1H3. The lowest BCUT2D eigenvalue weighted by Crippen LogP contribution is -2.28. The molecule has 1 fully saturated rings. The molecular weight excluding hydrogens is 198 g/mol. The molecule has 0 saturated carbocycles. The molecule has 2 rings (SSSR count). The number of benzene rings is 1. The third-order valence-electron chi connectivity index (χ3n) is 2.76. The topological polar surface area (TPSA) is 32.3 Å². The average Bonchev–Trinajstić information content (AvgIpc) is 2.58. The van der Waals surface area contributed by atoms with E-state index in [9.17, 15) is 5.11 Å². The predicted octanol–water partition coefficient (Wildman–Crippen LogP) is 1.83. The van der Waals surface area contributed by atoms with Gasteiger partial charge < -0.3 is 10.4 Å². The second kappa shape index (κ2) is 3.54. The number of β-amino-alcohol motifs (C(OH)–C–C–N with tert-alkyl or cyclic N) is 1. The number of rotatable bonds is 1. The summed E-state index contributed by atoms with van der Waals surface area (Å²) in [6, 6.07) is 5.77. The highest BCUT2D eigenvalue weighted by Gasteiger charge is 2.34. The maximum atomic E-state index is 10.3. The Balaban J connectivity index is 2.44. The van der Waals surface area contributed by atoms with E-state index in [0.29, 0.717) is 11.6 Å². The molecule has 1 saturated heterocycles. The Hall–Kier alpha value is -0.570. The highest BCUT2D eigenvalue weighted by molar-refractivity contribution is 6.31. The maximum Gasteiger partial charge on any atom is 0.105 e. The molecule has 1 heterocycles. The molecule has 0 aromatic heterocycles. The van der Waals surface area contributed by atoms with Crippen molar-refractivity contribution in [2.45, 2.75) is 18.9 Å². The van der Waals surface area contributed by atoms with Gasteiger partial charge >= 0.3 is 0 Å². The van der Waals surface area contributed by atoms with Crippen molar-refractivity contribution in [2.75, 3.05) is 13.1 Å². The van der Waals surface area contributed by atoms with Crippen LogP contribution in [0.3, 0.4) is 0 Å². The Morgan fingerprint density at radius 2 is 2.29 bits per heavy atom. The van der Waals surface area contributed by atoms with Crippen LogP contribution in [-0.2, 0) is 5.60 Å². The van der Waals surface area contributed by atoms with Crippen LogP contribution in [0.2, 0.25) is 5.02 Å². The van der Waals surface area contributed by atoms with Crippen LogP contribution in [0.25, 0.3) is 0 Å². The van der Waals surface area contributed by atoms with Crippen LogP contribution >= 0.6 is 11.6 Å². The monoisotopic (exact) mass is 211 g/mol. The van der Waals surface area contributed by atoms with Gasteiger partial charge in [0.25, 0.3) is 0 Å². The first-order valence-electron chi connectivity index (χ1n) is 4.81. The van der Waals surface area contributed by atoms with Gasteiger partial charge in [0.2, 0.25) is 0 Å². The minimum absolute atomic E-state index is 0.593. The first-order valence-corrected chi connectivity index (χ1v) is 5.19. The summed E-state index contributed by atoms with van der Waals surface area (Å²) in [5, 5.41) is 14.1. The number of aryl methyl sites for hydroxylation is 1. The largest absolute Gasteiger partial charge is 0.384 e. The van der Waals surface area contributed by atoms with E-state index >= 15 is 0 Å². The van der Waals surface area contributed by atoms with Gasteiger partial charge in [-0.3, -0.25) is 0 Å². The molecule has 1 aromatic rings. The fraction of sp³-hybridized carbons (Fsp3) is 0.455. The predicted molar refractivity (Wildman–Crippen MR) is 57.6 cm³/mol. The van der Waals surface area contributed by atoms with E-state index in [2.05, 4.69) is 5.32 Å². The van der Waals surface area contributed by atoms with Crippen molar-refractivity contribution in [1.29, 1.82) is 0 Å². The third kappa shape index (κ3) is 1.65. The summed E-state index contributed by atoms with van der Waals surface area (Å²) < 4.78 is 0. The van der Waals surface area contributed by atoms with Crippen molar-refractivity contribution in [1.82, 2.24) is 5.32 Å². The van der Waals surface area contributed by atoms with Gasteiger partial charge in [0.05, 0.1) is 0 Å². The molecule has 0 spiro atoms. The number of aliphatic hydroxyl groups is 1. The smallest absolute Gasteiger partial charge is 0.105 e. The van der Waals surface area contributed by atoms with Gasteiger partial charge in [-0.2, -0.15) is 0 Å². The van der Waals surface area contributed by atoms with Crippen molar-refractivity contribution >= 4 is 11.6 Å². The first kappa shape index (κ1) is 9.97. The van der Waals surface area contributed by atoms with Crippen LogP contribution < -0.4 is 5.32 Å². The Morgan fingerprint density at radius 3 is 2.93 bits per heavy atom. The van der Waals surface area contributed by atoms with E-state index in [-0.39, 0.29) is 0 Å². The number of hydrogen-bond acceptors (Lipinski definition) is 2. The van der Waals surface area contributed by atoms with Crippen LogP contribution in [0.4, 0.5) is 0 Å². The second-order valence-corrected chi connectivity index (χ2v) is 4.35. The van der Waals surface area contributed by atoms with Gasteiger partial charge in [0.15, 0.2) is 0 Å². The van der Waals surface area contributed by atoms with Crippen molar-refractivity contribution in [2.24, 2.45) is 0 Å². The van der Waals surface area contributed by atoms with Crippen LogP contribution in [0.5, 0.6) is 0 Å². The molecule has 1 unspecified atom stereocenters. The molecule has 2 N–H and O–H groups in total. The lowest BCUT2D eigenvalue weighted by molar-refractivity contribution is 0.0588. The first-order chi connectivity index (χ1) is 6.62. The van der Waals surface area contributed by atoms with E-state index in [1.54, 1.807) is 0 Å². The highest BCUT2D eigenvalue weighted by atomic mass is 35.5. The van der Waals surface area contributed by atoms with E-state index < -0.39 is 5.60 Å². The average molecular weight is 212 g/mol. The molecule has 1 aromatic carbocycles. The van der Waals surface area contributed by atoms with Gasteiger partial charge in [0, 0.05) is 17.1 Å². The Kier molecular flexibility index (Phi) is 2.52. The summed E-state index contributed by atoms with van der Waals surface area (Å²) >= 11 is 6.08. The molecular formula is C11H14ClNO. The van der Waals surface area contributed by atoms with Crippen molar-refractivity contribution in [3.8, 4) is 0 Å². The zero-order chi connectivity index (χ0) is 10.2. The fourth-order valence-electron chi connectivity index (χ4n) is 1.90. The molecule has 1 aliphatic rings. The van der Waals surface area contributed by atoms with Crippen LogP contribution in [0.1, 0.15) is 17.5 Å². The van der Waals surface area contributed by atoms with E-state index in [0.717, 1.165) is 24.1 Å². The minimum atomic E-state index is -0.775. The molecule has 2 nitrogen and oxygen atoms in total. The molecule has 1 atom stereocenters. The molecule has 14 heavy (non-hydrogen) atoms. The summed E-state index contributed by atoms with van der Waals surface area (Å²) in [5.41, 5.74) is 1.21. The Labute approximate surface area is 88.9 Å². The minimum Gasteiger partial charge on any atom is -0.384 e. The van der Waals surface area contributed by atoms with Gasteiger partial charge in [-0.25, -0.2) is 0 Å². The molecule has 0 aliphatic carbocycles. The van der Waals surface area contributed by atoms with Crippen molar-refractivity contribution in [3.05, 3.63) is 34.3 Å². The zero-order valence-electron chi connectivity index (χ0n) is 8.18. The fourth-order valence-corrected chi connectivity index (χ4v) is 2.20. The summed E-state index contributed by atoms with van der Waals surface area (Å²) in [5.74, 6) is 0. The summed E-state index contributed by atoms with van der Waals surface area (Å²) in [4.78, 5) is 0.